The minimum absolute atomic E-state index is 0.0517. The Morgan fingerprint density at radius 1 is 1.59 bits per heavy atom. The van der Waals surface area contributed by atoms with Crippen LogP contribution < -0.4 is 11.1 Å². The summed E-state index contributed by atoms with van der Waals surface area (Å²) in [5, 5.41) is 4.84. The van der Waals surface area contributed by atoms with Gasteiger partial charge in [-0.2, -0.15) is 0 Å². The molecule has 1 amide bonds. The molecule has 0 aliphatic carbocycles. The first-order chi connectivity index (χ1) is 8.16. The van der Waals surface area contributed by atoms with Gasteiger partial charge in [0.15, 0.2) is 0 Å². The first kappa shape index (κ1) is 12.4. The van der Waals surface area contributed by atoms with Crippen LogP contribution in [-0.2, 0) is 0 Å². The molecule has 1 fully saturated rings. The third-order valence-corrected chi connectivity index (χ3v) is 3.94. The van der Waals surface area contributed by atoms with Crippen LogP contribution in [0.25, 0.3) is 0 Å². The molecule has 2 rings (SSSR count). The molecule has 1 aliphatic rings. The van der Waals surface area contributed by atoms with Crippen molar-refractivity contribution in [1.82, 2.24) is 10.2 Å². The number of carbonyl (C=O) groups is 1. The fraction of sp³-hybridized carbons (Fsp3) is 0.583. The molecule has 0 aromatic carbocycles. The van der Waals surface area contributed by atoms with Crippen molar-refractivity contribution in [3.05, 3.63) is 16.3 Å². The summed E-state index contributed by atoms with van der Waals surface area (Å²) >= 11 is 1.39. The molecular weight excluding hydrogens is 234 g/mol. The lowest BCUT2D eigenvalue weighted by atomic mass is 10.3. The quantitative estimate of drug-likeness (QED) is 0.856. The second-order valence-corrected chi connectivity index (χ2v) is 5.50. The standard InChI is InChI=1S/C12H19N3OS/c1-9(8-15-5-2-3-6-15)14-12(16)11-10(13)4-7-17-11/h4,7,9H,2-3,5-6,8,13H2,1H3,(H,14,16). The average molecular weight is 253 g/mol. The highest BCUT2D eigenvalue weighted by Crippen LogP contribution is 2.18. The van der Waals surface area contributed by atoms with Gasteiger partial charge in [-0.05, 0) is 44.3 Å². The number of nitrogen functional groups attached to an aromatic ring is 1. The number of thiophene rings is 1. The number of carbonyl (C=O) groups excluding carboxylic acids is 1. The smallest absolute Gasteiger partial charge is 0.263 e. The molecule has 0 radical (unpaired) electrons. The van der Waals surface area contributed by atoms with Crippen molar-refractivity contribution < 1.29 is 4.79 Å². The van der Waals surface area contributed by atoms with Crippen LogP contribution in [0, 0.1) is 0 Å². The van der Waals surface area contributed by atoms with Crippen molar-refractivity contribution in [2.75, 3.05) is 25.4 Å². The highest BCUT2D eigenvalue weighted by atomic mass is 32.1. The SMILES string of the molecule is CC(CN1CCCC1)NC(=O)c1sccc1N. The summed E-state index contributed by atoms with van der Waals surface area (Å²) < 4.78 is 0. The van der Waals surface area contributed by atoms with Gasteiger partial charge in [0.1, 0.15) is 4.88 Å². The molecule has 1 atom stereocenters. The van der Waals surface area contributed by atoms with E-state index in [1.165, 1.54) is 24.2 Å². The molecule has 1 aromatic rings. The van der Waals surface area contributed by atoms with E-state index in [0.717, 1.165) is 19.6 Å². The number of hydrogen-bond acceptors (Lipinski definition) is 4. The largest absolute Gasteiger partial charge is 0.397 e. The van der Waals surface area contributed by atoms with E-state index in [2.05, 4.69) is 10.2 Å². The number of hydrogen-bond donors (Lipinski definition) is 2. The van der Waals surface area contributed by atoms with Crippen LogP contribution in [0.1, 0.15) is 29.4 Å². The number of likely N-dealkylation sites (tertiary alicyclic amines) is 1. The zero-order valence-corrected chi connectivity index (χ0v) is 10.9. The molecule has 1 aromatic heterocycles. The molecule has 5 heteroatoms. The summed E-state index contributed by atoms with van der Waals surface area (Å²) in [5.41, 5.74) is 6.29. The van der Waals surface area contributed by atoms with Crippen molar-refractivity contribution in [3.8, 4) is 0 Å². The minimum atomic E-state index is -0.0517. The summed E-state index contributed by atoms with van der Waals surface area (Å²) in [6.07, 6.45) is 2.55. The van der Waals surface area contributed by atoms with Crippen molar-refractivity contribution in [2.45, 2.75) is 25.8 Å². The van der Waals surface area contributed by atoms with Crippen LogP contribution in [0.2, 0.25) is 0 Å². The molecule has 94 valence electrons. The zero-order valence-electron chi connectivity index (χ0n) is 10.1. The van der Waals surface area contributed by atoms with Crippen molar-refractivity contribution in [1.29, 1.82) is 0 Å². The predicted molar refractivity (Wildman–Crippen MR) is 71.3 cm³/mol. The van der Waals surface area contributed by atoms with Crippen LogP contribution in [0.4, 0.5) is 5.69 Å². The topological polar surface area (TPSA) is 58.4 Å². The van der Waals surface area contributed by atoms with Crippen LogP contribution in [-0.4, -0.2) is 36.5 Å². The number of rotatable bonds is 4. The second-order valence-electron chi connectivity index (χ2n) is 4.59. The highest BCUT2D eigenvalue weighted by molar-refractivity contribution is 7.12. The highest BCUT2D eigenvalue weighted by Gasteiger charge is 2.18. The first-order valence-corrected chi connectivity index (χ1v) is 6.91. The molecule has 0 saturated carbocycles. The maximum Gasteiger partial charge on any atom is 0.263 e. The van der Waals surface area contributed by atoms with Gasteiger partial charge >= 0.3 is 0 Å². The molecule has 1 aliphatic heterocycles. The van der Waals surface area contributed by atoms with Gasteiger partial charge in [-0.1, -0.05) is 0 Å². The summed E-state index contributed by atoms with van der Waals surface area (Å²) in [6, 6.07) is 1.94. The summed E-state index contributed by atoms with van der Waals surface area (Å²) in [6.45, 7) is 5.28. The van der Waals surface area contributed by atoms with Gasteiger partial charge in [-0.3, -0.25) is 4.79 Å². The van der Waals surface area contributed by atoms with E-state index in [1.807, 2.05) is 12.3 Å². The lowest BCUT2D eigenvalue weighted by Gasteiger charge is -2.21. The number of nitrogens with two attached hydrogens (primary N) is 1. The molecule has 3 N–H and O–H groups in total. The Balaban J connectivity index is 1.83. The Morgan fingerprint density at radius 3 is 2.88 bits per heavy atom. The van der Waals surface area contributed by atoms with Crippen molar-refractivity contribution in [2.24, 2.45) is 0 Å². The van der Waals surface area contributed by atoms with Gasteiger partial charge in [-0.15, -0.1) is 11.3 Å². The predicted octanol–water partition coefficient (Wildman–Crippen LogP) is 1.54. The molecular formula is C12H19N3OS. The van der Waals surface area contributed by atoms with Gasteiger partial charge in [0.05, 0.1) is 5.69 Å². The van der Waals surface area contributed by atoms with E-state index in [-0.39, 0.29) is 11.9 Å². The van der Waals surface area contributed by atoms with Gasteiger partial charge in [0.25, 0.3) is 5.91 Å². The Morgan fingerprint density at radius 2 is 2.29 bits per heavy atom. The fourth-order valence-corrected chi connectivity index (χ4v) is 2.91. The van der Waals surface area contributed by atoms with Crippen LogP contribution in [0.3, 0.4) is 0 Å². The normalized spacial score (nSPS) is 18.2. The minimum Gasteiger partial charge on any atom is -0.397 e. The zero-order chi connectivity index (χ0) is 12.3. The monoisotopic (exact) mass is 253 g/mol. The third-order valence-electron chi connectivity index (χ3n) is 3.01. The van der Waals surface area contributed by atoms with E-state index in [0.29, 0.717) is 10.6 Å². The maximum absolute atomic E-state index is 11.9. The maximum atomic E-state index is 11.9. The lowest BCUT2D eigenvalue weighted by Crippen LogP contribution is -2.41. The average Bonchev–Trinajstić information content (AvgIpc) is 2.88. The van der Waals surface area contributed by atoms with E-state index in [4.69, 9.17) is 5.73 Å². The molecule has 4 nitrogen and oxygen atoms in total. The number of amides is 1. The van der Waals surface area contributed by atoms with E-state index in [9.17, 15) is 4.79 Å². The molecule has 2 heterocycles. The Bertz CT molecular complexity index is 385. The number of nitrogens with zero attached hydrogens (tertiary/aromatic N) is 1. The molecule has 17 heavy (non-hydrogen) atoms. The van der Waals surface area contributed by atoms with Crippen LogP contribution in [0.5, 0.6) is 0 Å². The summed E-state index contributed by atoms with van der Waals surface area (Å²) in [5.74, 6) is -0.0517. The van der Waals surface area contributed by atoms with Gasteiger partial charge < -0.3 is 16.0 Å². The third kappa shape index (κ3) is 3.20. The number of anilines is 1. The second kappa shape index (κ2) is 5.51. The Hall–Kier alpha value is -1.07. The van der Waals surface area contributed by atoms with Crippen LogP contribution in [0.15, 0.2) is 11.4 Å². The van der Waals surface area contributed by atoms with Crippen molar-refractivity contribution >= 4 is 22.9 Å². The van der Waals surface area contributed by atoms with Crippen molar-refractivity contribution in [3.63, 3.8) is 0 Å². The van der Waals surface area contributed by atoms with Gasteiger partial charge in [0, 0.05) is 12.6 Å². The summed E-state index contributed by atoms with van der Waals surface area (Å²) in [4.78, 5) is 14.9. The summed E-state index contributed by atoms with van der Waals surface area (Å²) in [7, 11) is 0. The number of nitrogens with one attached hydrogen (secondary N) is 1. The van der Waals surface area contributed by atoms with E-state index >= 15 is 0 Å². The Labute approximate surface area is 106 Å². The first-order valence-electron chi connectivity index (χ1n) is 6.03. The van der Waals surface area contributed by atoms with Gasteiger partial charge in [0.2, 0.25) is 0 Å². The molecule has 0 spiro atoms. The van der Waals surface area contributed by atoms with E-state index in [1.54, 1.807) is 6.07 Å². The fourth-order valence-electron chi connectivity index (χ4n) is 2.19. The van der Waals surface area contributed by atoms with Crippen LogP contribution >= 0.6 is 11.3 Å². The molecule has 0 bridgehead atoms. The van der Waals surface area contributed by atoms with Gasteiger partial charge in [-0.25, -0.2) is 0 Å². The Kier molecular flexibility index (Phi) is 4.02. The molecule has 1 unspecified atom stereocenters. The lowest BCUT2D eigenvalue weighted by molar-refractivity contribution is 0.0937. The molecule has 1 saturated heterocycles. The van der Waals surface area contributed by atoms with E-state index < -0.39 is 0 Å².